The van der Waals surface area contributed by atoms with E-state index in [1.165, 1.54) is 10.5 Å². The molecule has 0 saturated carbocycles. The summed E-state index contributed by atoms with van der Waals surface area (Å²) in [6.45, 7) is 2.45. The Hall–Kier alpha value is -2.04. The molecule has 1 saturated heterocycles. The lowest BCUT2D eigenvalue weighted by molar-refractivity contribution is -0.152. The maximum absolute atomic E-state index is 12.1. The summed E-state index contributed by atoms with van der Waals surface area (Å²) in [5, 5.41) is 9.17. The van der Waals surface area contributed by atoms with Crippen LogP contribution in [0.25, 0.3) is 0 Å². The molecule has 5 nitrogen and oxygen atoms in total. The summed E-state index contributed by atoms with van der Waals surface area (Å²) in [7, 11) is 0. The number of nitrogens with zero attached hydrogens (tertiary/aromatic N) is 1. The number of aliphatic carboxylic acids is 1. The van der Waals surface area contributed by atoms with Crippen LogP contribution in [0, 0.1) is 0 Å². The summed E-state index contributed by atoms with van der Waals surface area (Å²) < 4.78 is 5.46. The average molecular weight is 291 g/mol. The van der Waals surface area contributed by atoms with Gasteiger partial charge in [-0.1, -0.05) is 19.1 Å². The third-order valence-electron chi connectivity index (χ3n) is 3.80. The molecule has 1 heterocycles. The Morgan fingerprint density at radius 2 is 2.00 bits per heavy atom. The molecule has 0 unspecified atom stereocenters. The first-order valence-electron chi connectivity index (χ1n) is 7.36. The Bertz CT molecular complexity index is 498. The number of likely N-dealkylation sites (tertiary alicyclic amines) is 1. The molecule has 1 aromatic rings. The van der Waals surface area contributed by atoms with Crippen LogP contribution in [0.5, 0.6) is 5.75 Å². The van der Waals surface area contributed by atoms with Crippen molar-refractivity contribution in [3.8, 4) is 5.75 Å². The summed E-state index contributed by atoms with van der Waals surface area (Å²) >= 11 is 0. The van der Waals surface area contributed by atoms with Crippen molar-refractivity contribution >= 4 is 11.9 Å². The maximum Gasteiger partial charge on any atom is 0.326 e. The summed E-state index contributed by atoms with van der Waals surface area (Å²) in [4.78, 5) is 24.7. The van der Waals surface area contributed by atoms with Gasteiger partial charge in [0.05, 0.1) is 0 Å². The highest BCUT2D eigenvalue weighted by Crippen LogP contribution is 2.18. The SMILES string of the molecule is CCc1ccc(OCC(=O)N2CCCC[C@H]2C(=O)O)cc1. The number of aryl methyl sites for hydroxylation is 1. The molecule has 0 bridgehead atoms. The maximum atomic E-state index is 12.1. The van der Waals surface area contributed by atoms with Gasteiger partial charge in [0.1, 0.15) is 11.8 Å². The molecule has 0 aliphatic carbocycles. The van der Waals surface area contributed by atoms with Gasteiger partial charge in [-0.3, -0.25) is 4.79 Å². The zero-order valence-corrected chi connectivity index (χ0v) is 12.2. The van der Waals surface area contributed by atoms with Crippen LogP contribution in [-0.4, -0.2) is 41.1 Å². The summed E-state index contributed by atoms with van der Waals surface area (Å²) in [6, 6.07) is 6.87. The molecule has 0 spiro atoms. The Morgan fingerprint density at radius 1 is 1.29 bits per heavy atom. The molecule has 1 N–H and O–H groups in total. The van der Waals surface area contributed by atoms with Gasteiger partial charge in [0.2, 0.25) is 0 Å². The summed E-state index contributed by atoms with van der Waals surface area (Å²) in [5.74, 6) is -0.568. The minimum atomic E-state index is -0.935. The van der Waals surface area contributed by atoms with Crippen LogP contribution in [-0.2, 0) is 16.0 Å². The van der Waals surface area contributed by atoms with Crippen molar-refractivity contribution in [1.82, 2.24) is 4.90 Å². The molecule has 0 radical (unpaired) electrons. The molecule has 0 aromatic heterocycles. The molecule has 1 aliphatic heterocycles. The minimum Gasteiger partial charge on any atom is -0.484 e. The first-order valence-corrected chi connectivity index (χ1v) is 7.36. The van der Waals surface area contributed by atoms with Gasteiger partial charge in [0.25, 0.3) is 5.91 Å². The lowest BCUT2D eigenvalue weighted by Gasteiger charge is -2.32. The van der Waals surface area contributed by atoms with E-state index in [2.05, 4.69) is 6.92 Å². The van der Waals surface area contributed by atoms with Gasteiger partial charge in [-0.2, -0.15) is 0 Å². The van der Waals surface area contributed by atoms with Gasteiger partial charge in [-0.15, -0.1) is 0 Å². The normalized spacial score (nSPS) is 18.3. The van der Waals surface area contributed by atoms with Gasteiger partial charge < -0.3 is 14.7 Å². The molecule has 1 amide bonds. The number of carbonyl (C=O) groups excluding carboxylic acids is 1. The molecule has 1 fully saturated rings. The number of amides is 1. The Kier molecular flexibility index (Phi) is 5.20. The van der Waals surface area contributed by atoms with Crippen LogP contribution in [0.2, 0.25) is 0 Å². The van der Waals surface area contributed by atoms with E-state index in [1.54, 1.807) is 0 Å². The van der Waals surface area contributed by atoms with E-state index in [-0.39, 0.29) is 12.5 Å². The smallest absolute Gasteiger partial charge is 0.326 e. The summed E-state index contributed by atoms with van der Waals surface area (Å²) in [5.41, 5.74) is 1.20. The number of carbonyl (C=O) groups is 2. The summed E-state index contributed by atoms with van der Waals surface area (Å²) in [6.07, 6.45) is 3.17. The molecular formula is C16H21NO4. The number of hydrogen-bond donors (Lipinski definition) is 1. The third kappa shape index (κ3) is 3.97. The van der Waals surface area contributed by atoms with Crippen molar-refractivity contribution in [2.24, 2.45) is 0 Å². The monoisotopic (exact) mass is 291 g/mol. The number of rotatable bonds is 5. The van der Waals surface area contributed by atoms with Crippen LogP contribution in [0.3, 0.4) is 0 Å². The lowest BCUT2D eigenvalue weighted by atomic mass is 10.0. The molecule has 1 aliphatic rings. The molecule has 1 atom stereocenters. The number of hydrogen-bond acceptors (Lipinski definition) is 3. The van der Waals surface area contributed by atoms with Gasteiger partial charge in [-0.25, -0.2) is 4.79 Å². The largest absolute Gasteiger partial charge is 0.484 e. The highest BCUT2D eigenvalue weighted by atomic mass is 16.5. The molecule has 21 heavy (non-hydrogen) atoms. The van der Waals surface area contributed by atoms with Crippen LogP contribution >= 0.6 is 0 Å². The Labute approximate surface area is 124 Å². The molecule has 5 heteroatoms. The van der Waals surface area contributed by atoms with Crippen molar-refractivity contribution in [3.05, 3.63) is 29.8 Å². The van der Waals surface area contributed by atoms with Crippen molar-refractivity contribution in [1.29, 1.82) is 0 Å². The van der Waals surface area contributed by atoms with Crippen LogP contribution in [0.1, 0.15) is 31.7 Å². The fraction of sp³-hybridized carbons (Fsp3) is 0.500. The van der Waals surface area contributed by atoms with Crippen LogP contribution in [0.4, 0.5) is 0 Å². The second kappa shape index (κ2) is 7.11. The number of ether oxygens (including phenoxy) is 1. The number of carboxylic acid groups (broad SMARTS) is 1. The topological polar surface area (TPSA) is 66.8 Å². The van der Waals surface area contributed by atoms with Gasteiger partial charge in [-0.05, 0) is 43.4 Å². The fourth-order valence-corrected chi connectivity index (χ4v) is 2.54. The second-order valence-corrected chi connectivity index (χ2v) is 5.22. The molecule has 1 aromatic carbocycles. The second-order valence-electron chi connectivity index (χ2n) is 5.22. The predicted molar refractivity (Wildman–Crippen MR) is 78.3 cm³/mol. The Morgan fingerprint density at radius 3 is 2.62 bits per heavy atom. The minimum absolute atomic E-state index is 0.116. The third-order valence-corrected chi connectivity index (χ3v) is 3.80. The highest BCUT2D eigenvalue weighted by molar-refractivity contribution is 5.84. The highest BCUT2D eigenvalue weighted by Gasteiger charge is 2.31. The first kappa shape index (κ1) is 15.4. The van der Waals surface area contributed by atoms with E-state index in [9.17, 15) is 9.59 Å². The van der Waals surface area contributed by atoms with Gasteiger partial charge in [0.15, 0.2) is 6.61 Å². The molecule has 2 rings (SSSR count). The fourth-order valence-electron chi connectivity index (χ4n) is 2.54. The van der Waals surface area contributed by atoms with E-state index in [0.29, 0.717) is 18.7 Å². The molecule has 114 valence electrons. The lowest BCUT2D eigenvalue weighted by Crippen LogP contribution is -2.49. The zero-order valence-electron chi connectivity index (χ0n) is 12.2. The van der Waals surface area contributed by atoms with Crippen LogP contribution < -0.4 is 4.74 Å². The Balaban J connectivity index is 1.91. The predicted octanol–water partition coefficient (Wildman–Crippen LogP) is 2.09. The van der Waals surface area contributed by atoms with Crippen LogP contribution in [0.15, 0.2) is 24.3 Å². The van der Waals surface area contributed by atoms with Gasteiger partial charge in [0, 0.05) is 6.54 Å². The van der Waals surface area contributed by atoms with Crippen molar-refractivity contribution < 1.29 is 19.4 Å². The van der Waals surface area contributed by atoms with E-state index >= 15 is 0 Å². The van der Waals surface area contributed by atoms with Crippen molar-refractivity contribution in [2.45, 2.75) is 38.6 Å². The quantitative estimate of drug-likeness (QED) is 0.902. The van der Waals surface area contributed by atoms with E-state index < -0.39 is 12.0 Å². The number of benzene rings is 1. The number of piperidine rings is 1. The zero-order chi connectivity index (χ0) is 15.2. The van der Waals surface area contributed by atoms with Gasteiger partial charge >= 0.3 is 5.97 Å². The van der Waals surface area contributed by atoms with E-state index in [1.807, 2.05) is 24.3 Å². The van der Waals surface area contributed by atoms with E-state index in [0.717, 1.165) is 19.3 Å². The van der Waals surface area contributed by atoms with Crippen molar-refractivity contribution in [3.63, 3.8) is 0 Å². The molecular weight excluding hydrogens is 270 g/mol. The number of carboxylic acids is 1. The van der Waals surface area contributed by atoms with Crippen molar-refractivity contribution in [2.75, 3.05) is 13.2 Å². The standard InChI is InChI=1S/C16H21NO4/c1-2-12-6-8-13(9-7-12)21-11-15(18)17-10-4-3-5-14(17)16(19)20/h6-9,14H,2-5,10-11H2,1H3,(H,19,20)/t14-/m0/s1. The average Bonchev–Trinajstić information content (AvgIpc) is 2.53. The first-order chi connectivity index (χ1) is 10.1. The van der Waals surface area contributed by atoms with E-state index in [4.69, 9.17) is 9.84 Å².